The Morgan fingerprint density at radius 2 is 1.77 bits per heavy atom. The molecule has 1 amide bonds. The van der Waals surface area contributed by atoms with Crippen LogP contribution < -0.4 is 19.1 Å². The SMILES string of the molecule is COc1ccc(N2CSC3=C(C#N)[C@H](c4ccc(OC)c(OC)c4)CC(=O)N3C2)cc1. The van der Waals surface area contributed by atoms with E-state index >= 15 is 0 Å². The lowest BCUT2D eigenvalue weighted by Gasteiger charge is -2.42. The predicted octanol–water partition coefficient (Wildman–Crippen LogP) is 3.93. The molecule has 1 atom stereocenters. The maximum absolute atomic E-state index is 13.1. The molecule has 0 aliphatic carbocycles. The summed E-state index contributed by atoms with van der Waals surface area (Å²) in [5, 5.41) is 10.7. The molecular formula is C23H23N3O4S. The molecule has 1 fully saturated rings. The summed E-state index contributed by atoms with van der Waals surface area (Å²) in [5.74, 6) is 2.33. The lowest BCUT2D eigenvalue weighted by Crippen LogP contribution is -2.47. The van der Waals surface area contributed by atoms with E-state index in [1.807, 2.05) is 42.5 Å². The number of carbonyl (C=O) groups excluding carboxylic acids is 1. The fraction of sp³-hybridized carbons (Fsp3) is 0.304. The van der Waals surface area contributed by atoms with Crippen molar-refractivity contribution >= 4 is 23.4 Å². The molecule has 0 unspecified atom stereocenters. The molecule has 0 spiro atoms. The summed E-state index contributed by atoms with van der Waals surface area (Å²) in [4.78, 5) is 16.9. The van der Waals surface area contributed by atoms with Gasteiger partial charge >= 0.3 is 0 Å². The van der Waals surface area contributed by atoms with Crippen LogP contribution in [0.25, 0.3) is 0 Å². The second-order valence-corrected chi connectivity index (χ2v) is 8.11. The van der Waals surface area contributed by atoms with Crippen LogP contribution in [0.15, 0.2) is 53.1 Å². The van der Waals surface area contributed by atoms with Crippen molar-refractivity contribution in [3.63, 3.8) is 0 Å². The lowest BCUT2D eigenvalue weighted by molar-refractivity contribution is -0.129. The first kappa shape index (κ1) is 20.9. The number of nitriles is 1. The molecule has 8 heteroatoms. The zero-order chi connectivity index (χ0) is 22.0. The molecular weight excluding hydrogens is 414 g/mol. The van der Waals surface area contributed by atoms with Crippen molar-refractivity contribution < 1.29 is 19.0 Å². The highest BCUT2D eigenvalue weighted by molar-refractivity contribution is 8.03. The number of nitrogens with zero attached hydrogens (tertiary/aromatic N) is 3. The van der Waals surface area contributed by atoms with Gasteiger partial charge in [-0.25, -0.2) is 0 Å². The van der Waals surface area contributed by atoms with Gasteiger partial charge in [-0.1, -0.05) is 17.8 Å². The van der Waals surface area contributed by atoms with Crippen LogP contribution in [0.3, 0.4) is 0 Å². The largest absolute Gasteiger partial charge is 0.497 e. The van der Waals surface area contributed by atoms with Crippen LogP contribution in [-0.4, -0.2) is 44.7 Å². The average molecular weight is 438 g/mol. The van der Waals surface area contributed by atoms with E-state index in [2.05, 4.69) is 11.0 Å². The van der Waals surface area contributed by atoms with E-state index in [9.17, 15) is 10.1 Å². The molecule has 4 rings (SSSR count). The second-order valence-electron chi connectivity index (χ2n) is 7.18. The van der Waals surface area contributed by atoms with Crippen LogP contribution in [0.2, 0.25) is 0 Å². The Kier molecular flexibility index (Phi) is 5.96. The Hall–Kier alpha value is -3.31. The number of allylic oxidation sites excluding steroid dienone is 1. The van der Waals surface area contributed by atoms with Crippen molar-refractivity contribution in [2.24, 2.45) is 0 Å². The van der Waals surface area contributed by atoms with Gasteiger partial charge in [0.25, 0.3) is 0 Å². The highest BCUT2D eigenvalue weighted by Crippen LogP contribution is 2.44. The van der Waals surface area contributed by atoms with Crippen molar-refractivity contribution in [2.45, 2.75) is 12.3 Å². The molecule has 2 heterocycles. The molecule has 0 bridgehead atoms. The van der Waals surface area contributed by atoms with Crippen molar-refractivity contribution in [1.82, 2.24) is 4.90 Å². The molecule has 0 N–H and O–H groups in total. The summed E-state index contributed by atoms with van der Waals surface area (Å²) in [7, 11) is 4.78. The number of amides is 1. The monoisotopic (exact) mass is 437 g/mol. The summed E-state index contributed by atoms with van der Waals surface area (Å²) in [6, 6.07) is 15.7. The topological polar surface area (TPSA) is 75.0 Å². The quantitative estimate of drug-likeness (QED) is 0.701. The summed E-state index contributed by atoms with van der Waals surface area (Å²) < 4.78 is 15.9. The molecule has 0 saturated carbocycles. The molecule has 0 aromatic heterocycles. The molecule has 2 aliphatic rings. The number of carbonyl (C=O) groups is 1. The zero-order valence-corrected chi connectivity index (χ0v) is 18.4. The number of benzene rings is 2. The number of methoxy groups -OCH3 is 3. The molecule has 2 aromatic carbocycles. The van der Waals surface area contributed by atoms with Crippen LogP contribution in [0.4, 0.5) is 5.69 Å². The number of hydrogen-bond donors (Lipinski definition) is 0. The number of hydrogen-bond acceptors (Lipinski definition) is 7. The smallest absolute Gasteiger partial charge is 0.229 e. The maximum Gasteiger partial charge on any atom is 0.229 e. The Morgan fingerprint density at radius 1 is 1.03 bits per heavy atom. The van der Waals surface area contributed by atoms with Crippen LogP contribution in [0.1, 0.15) is 17.9 Å². The second kappa shape index (κ2) is 8.82. The number of ether oxygens (including phenoxy) is 3. The summed E-state index contributed by atoms with van der Waals surface area (Å²) in [6.45, 7) is 0.414. The van der Waals surface area contributed by atoms with E-state index < -0.39 is 0 Å². The molecule has 160 valence electrons. The third-order valence-corrected chi connectivity index (χ3v) is 6.70. The standard InChI is InChI=1S/C23H23N3O4S/c1-28-17-7-5-16(6-8-17)25-13-26-22(27)11-18(19(12-24)23(26)31-14-25)15-4-9-20(29-2)21(10-15)30-3/h4-10,18H,11,13-14H2,1-3H3/t18-/m0/s1. The number of thioether (sulfide) groups is 1. The van der Waals surface area contributed by atoms with Gasteiger partial charge in [0.05, 0.1) is 50.5 Å². The minimum atomic E-state index is -0.302. The predicted molar refractivity (Wildman–Crippen MR) is 119 cm³/mol. The van der Waals surface area contributed by atoms with Gasteiger partial charge < -0.3 is 19.1 Å². The highest BCUT2D eigenvalue weighted by Gasteiger charge is 2.38. The van der Waals surface area contributed by atoms with E-state index in [1.165, 1.54) is 11.8 Å². The van der Waals surface area contributed by atoms with Gasteiger partial charge in [-0.15, -0.1) is 0 Å². The zero-order valence-electron chi connectivity index (χ0n) is 17.6. The number of fused-ring (bicyclic) bond motifs is 1. The molecule has 1 saturated heterocycles. The van der Waals surface area contributed by atoms with E-state index in [4.69, 9.17) is 14.2 Å². The highest BCUT2D eigenvalue weighted by atomic mass is 32.2. The molecule has 0 radical (unpaired) electrons. The third-order valence-electron chi connectivity index (χ3n) is 5.54. The minimum Gasteiger partial charge on any atom is -0.497 e. The summed E-state index contributed by atoms with van der Waals surface area (Å²) >= 11 is 1.51. The van der Waals surface area contributed by atoms with Gasteiger partial charge in [0.1, 0.15) is 5.75 Å². The van der Waals surface area contributed by atoms with Crippen LogP contribution in [-0.2, 0) is 4.79 Å². The number of rotatable bonds is 5. The Balaban J connectivity index is 1.64. The van der Waals surface area contributed by atoms with Crippen molar-refractivity contribution in [1.29, 1.82) is 5.26 Å². The van der Waals surface area contributed by atoms with Gasteiger partial charge in [0.15, 0.2) is 11.5 Å². The first-order valence-electron chi connectivity index (χ1n) is 9.78. The van der Waals surface area contributed by atoms with Gasteiger partial charge in [0, 0.05) is 18.0 Å². The van der Waals surface area contributed by atoms with E-state index in [-0.39, 0.29) is 18.2 Å². The van der Waals surface area contributed by atoms with Crippen molar-refractivity contribution in [3.8, 4) is 23.3 Å². The van der Waals surface area contributed by atoms with Gasteiger partial charge in [-0.2, -0.15) is 5.26 Å². The van der Waals surface area contributed by atoms with Gasteiger partial charge in [0.2, 0.25) is 5.91 Å². The van der Waals surface area contributed by atoms with Gasteiger partial charge in [-0.3, -0.25) is 9.69 Å². The average Bonchev–Trinajstić information content (AvgIpc) is 2.83. The van der Waals surface area contributed by atoms with Crippen LogP contribution in [0.5, 0.6) is 17.2 Å². The first-order valence-corrected chi connectivity index (χ1v) is 10.8. The number of anilines is 1. The van der Waals surface area contributed by atoms with Crippen LogP contribution in [0, 0.1) is 11.3 Å². The third kappa shape index (κ3) is 3.89. The van der Waals surface area contributed by atoms with E-state index in [0.29, 0.717) is 29.6 Å². The summed E-state index contributed by atoms with van der Waals surface area (Å²) in [5.41, 5.74) is 2.49. The van der Waals surface area contributed by atoms with Crippen LogP contribution >= 0.6 is 11.8 Å². The lowest BCUT2D eigenvalue weighted by atomic mass is 9.86. The Morgan fingerprint density at radius 3 is 2.42 bits per heavy atom. The maximum atomic E-state index is 13.1. The molecule has 31 heavy (non-hydrogen) atoms. The molecule has 2 aromatic rings. The normalized spacial score (nSPS) is 18.4. The molecule has 7 nitrogen and oxygen atoms in total. The van der Waals surface area contributed by atoms with Crippen molar-refractivity contribution in [3.05, 3.63) is 58.6 Å². The van der Waals surface area contributed by atoms with Gasteiger partial charge in [-0.05, 0) is 42.0 Å². The Bertz CT molecular complexity index is 1060. The fourth-order valence-corrected chi connectivity index (χ4v) is 5.04. The first-order chi connectivity index (χ1) is 15.1. The van der Waals surface area contributed by atoms with E-state index in [0.717, 1.165) is 22.0 Å². The van der Waals surface area contributed by atoms with E-state index in [1.54, 1.807) is 26.2 Å². The minimum absolute atomic E-state index is 0.000466. The summed E-state index contributed by atoms with van der Waals surface area (Å²) in [6.07, 6.45) is 0.235. The molecule has 2 aliphatic heterocycles. The fourth-order valence-electron chi connectivity index (χ4n) is 3.87. The Labute approximate surface area is 185 Å². The van der Waals surface area contributed by atoms with Crippen molar-refractivity contribution in [2.75, 3.05) is 38.8 Å².